The van der Waals surface area contributed by atoms with Gasteiger partial charge in [0.2, 0.25) is 0 Å². The zero-order valence-electron chi connectivity index (χ0n) is 14.9. The molecule has 2 aromatic carbocycles. The number of nitrogens with one attached hydrogen (secondary N) is 1. The molecule has 4 rings (SSSR count). The van der Waals surface area contributed by atoms with Gasteiger partial charge in [0, 0.05) is 5.39 Å². The summed E-state index contributed by atoms with van der Waals surface area (Å²) in [5, 5.41) is 10.2. The van der Waals surface area contributed by atoms with Gasteiger partial charge in [-0.3, -0.25) is 9.55 Å². The Morgan fingerprint density at radius 2 is 1.92 bits per heavy atom. The summed E-state index contributed by atoms with van der Waals surface area (Å²) < 4.78 is 1.67. The monoisotopic (exact) mass is 340 g/mol. The summed E-state index contributed by atoms with van der Waals surface area (Å²) in [6.45, 7) is 3.75. The largest absolute Gasteiger partial charge is 0.331 e. The van der Waals surface area contributed by atoms with Crippen molar-refractivity contribution in [3.05, 3.63) is 64.7 Å². The first-order valence-corrected chi connectivity index (χ1v) is 8.43. The highest BCUT2D eigenvalue weighted by Crippen LogP contribution is 2.26. The zero-order chi connectivity index (χ0) is 18.5. The van der Waals surface area contributed by atoms with Crippen LogP contribution in [0.15, 0.2) is 53.5 Å². The lowest BCUT2D eigenvalue weighted by Gasteiger charge is -2.16. The van der Waals surface area contributed by atoms with Gasteiger partial charge in [0.25, 0.3) is 0 Å². The van der Waals surface area contributed by atoms with Crippen LogP contribution in [0.1, 0.15) is 19.4 Å². The highest BCUT2D eigenvalue weighted by molar-refractivity contribution is 6.33. The topological polar surface area (TPSA) is 74.5 Å². The van der Waals surface area contributed by atoms with Gasteiger partial charge in [-0.1, -0.05) is 29.7 Å². The average molecular weight is 340 g/mol. The fourth-order valence-electron chi connectivity index (χ4n) is 3.24. The molecule has 2 aromatic heterocycles. The molecule has 5 nitrogen and oxygen atoms in total. The molecule has 0 bridgehead atoms. The second kappa shape index (κ2) is 5.60. The van der Waals surface area contributed by atoms with E-state index in [1.807, 2.05) is 64.2 Å². The summed E-state index contributed by atoms with van der Waals surface area (Å²) in [5.41, 5.74) is 4.37. The van der Waals surface area contributed by atoms with Crippen LogP contribution < -0.4 is 11.2 Å². The first-order chi connectivity index (χ1) is 12.4. The van der Waals surface area contributed by atoms with Gasteiger partial charge in [0.15, 0.2) is 0 Å². The Kier molecular flexibility index (Phi) is 3.48. The number of aromatic amines is 1. The number of benzene rings is 2. The predicted octanol–water partition coefficient (Wildman–Crippen LogP) is 1.93. The van der Waals surface area contributed by atoms with Gasteiger partial charge in [-0.05, 0) is 37.6 Å². The molecule has 126 valence electrons. The molecule has 2 heterocycles. The lowest BCUT2D eigenvalue weighted by Crippen LogP contribution is -2.16. The summed E-state index contributed by atoms with van der Waals surface area (Å²) in [4.78, 5) is 20.0. The van der Waals surface area contributed by atoms with Crippen LogP contribution in [-0.4, -0.2) is 22.4 Å². The van der Waals surface area contributed by atoms with Crippen molar-refractivity contribution in [2.24, 2.45) is 0 Å². The second-order valence-corrected chi connectivity index (χ2v) is 7.09. The number of nitriles is 1. The van der Waals surface area contributed by atoms with Crippen molar-refractivity contribution in [3.63, 3.8) is 0 Å². The molecule has 1 N–H and O–H groups in total. The quantitative estimate of drug-likeness (QED) is 0.567. The molecule has 6 heteroatoms. The van der Waals surface area contributed by atoms with Crippen LogP contribution in [0, 0.1) is 11.3 Å². The summed E-state index contributed by atoms with van der Waals surface area (Å²) in [6.07, 6.45) is 1.69. The Morgan fingerprint density at radius 3 is 2.62 bits per heavy atom. The third-order valence-electron chi connectivity index (χ3n) is 4.79. The van der Waals surface area contributed by atoms with E-state index in [0.29, 0.717) is 5.52 Å². The van der Waals surface area contributed by atoms with Crippen molar-refractivity contribution in [2.75, 3.05) is 0 Å². The molecule has 0 fully saturated rings. The number of hydrogen-bond donors (Lipinski definition) is 1. The number of aromatic nitrogens is 3. The van der Waals surface area contributed by atoms with Gasteiger partial charge in [0.05, 0.1) is 39.9 Å². The van der Waals surface area contributed by atoms with Gasteiger partial charge >= 0.3 is 5.69 Å². The van der Waals surface area contributed by atoms with E-state index in [4.69, 9.17) is 0 Å². The Morgan fingerprint density at radius 1 is 1.19 bits per heavy atom. The Hall–Kier alpha value is -3.33. The third-order valence-corrected chi connectivity index (χ3v) is 4.79. The van der Waals surface area contributed by atoms with E-state index in [1.165, 1.54) is 0 Å². The maximum atomic E-state index is 12.6. The number of fused-ring (bicyclic) bond motifs is 3. The number of rotatable bonds is 2. The molecule has 0 aliphatic heterocycles. The molecule has 0 atom stereocenters. The van der Waals surface area contributed by atoms with Gasteiger partial charge in [-0.25, -0.2) is 4.79 Å². The number of imidazole rings is 1. The smallest absolute Gasteiger partial charge is 0.304 e. The standard InChI is InChI=1S/C20H17BN4O/c1-20(2,11-22)12-3-6-14(7-4-12)25-18-15-9-13(21)5-8-16(15)23-10-17(18)24-19(25)26/h3-10H,21H2,1-2H3,(H,24,26). The van der Waals surface area contributed by atoms with Crippen LogP contribution in [-0.2, 0) is 5.41 Å². The number of pyridine rings is 1. The van der Waals surface area contributed by atoms with Crippen LogP contribution in [0.3, 0.4) is 0 Å². The highest BCUT2D eigenvalue weighted by atomic mass is 16.1. The fraction of sp³-hybridized carbons (Fsp3) is 0.150. The van der Waals surface area contributed by atoms with Crippen molar-refractivity contribution < 1.29 is 0 Å². The van der Waals surface area contributed by atoms with E-state index in [9.17, 15) is 10.1 Å². The van der Waals surface area contributed by atoms with E-state index < -0.39 is 5.41 Å². The molecular formula is C20H17BN4O. The highest BCUT2D eigenvalue weighted by Gasteiger charge is 2.20. The summed E-state index contributed by atoms with van der Waals surface area (Å²) in [5.74, 6) is 0. The van der Waals surface area contributed by atoms with Crippen molar-refractivity contribution in [2.45, 2.75) is 19.3 Å². The van der Waals surface area contributed by atoms with Gasteiger partial charge in [0.1, 0.15) is 7.85 Å². The summed E-state index contributed by atoms with van der Waals surface area (Å²) in [7, 11) is 2.02. The predicted molar refractivity (Wildman–Crippen MR) is 106 cm³/mol. The fourth-order valence-corrected chi connectivity index (χ4v) is 3.24. The minimum Gasteiger partial charge on any atom is -0.304 e. The van der Waals surface area contributed by atoms with Crippen LogP contribution in [0.5, 0.6) is 0 Å². The maximum absolute atomic E-state index is 12.6. The van der Waals surface area contributed by atoms with Gasteiger partial charge in [-0.15, -0.1) is 0 Å². The van der Waals surface area contributed by atoms with Crippen LogP contribution in [0.4, 0.5) is 0 Å². The van der Waals surface area contributed by atoms with Crippen molar-refractivity contribution in [1.29, 1.82) is 5.26 Å². The number of H-pyrrole nitrogens is 1. The second-order valence-electron chi connectivity index (χ2n) is 7.09. The molecule has 0 amide bonds. The molecule has 0 spiro atoms. The van der Waals surface area contributed by atoms with Crippen LogP contribution >= 0.6 is 0 Å². The van der Waals surface area contributed by atoms with Crippen LogP contribution in [0.25, 0.3) is 27.6 Å². The minimum atomic E-state index is -0.572. The molecule has 0 saturated carbocycles. The molecule has 0 aliphatic rings. The zero-order valence-corrected chi connectivity index (χ0v) is 14.9. The number of hydrogen-bond acceptors (Lipinski definition) is 3. The van der Waals surface area contributed by atoms with E-state index in [0.717, 1.165) is 33.1 Å². The number of nitrogens with zero attached hydrogens (tertiary/aromatic N) is 3. The van der Waals surface area contributed by atoms with Crippen molar-refractivity contribution in [3.8, 4) is 11.8 Å². The SMILES string of the molecule is Bc1ccc2ncc3[nH]c(=O)n(-c4ccc(C(C)(C)C#N)cc4)c3c2c1. The lowest BCUT2D eigenvalue weighted by molar-refractivity contribution is 0.686. The van der Waals surface area contributed by atoms with Crippen molar-refractivity contribution in [1.82, 2.24) is 14.5 Å². The van der Waals surface area contributed by atoms with Gasteiger partial charge in [-0.2, -0.15) is 5.26 Å². The summed E-state index contributed by atoms with van der Waals surface area (Å²) in [6, 6.07) is 15.9. The first-order valence-electron chi connectivity index (χ1n) is 8.43. The molecular weight excluding hydrogens is 323 g/mol. The Balaban J connectivity index is 2.00. The Bertz CT molecular complexity index is 1240. The molecule has 26 heavy (non-hydrogen) atoms. The Labute approximate surface area is 151 Å². The third kappa shape index (κ3) is 2.41. The van der Waals surface area contributed by atoms with E-state index >= 15 is 0 Å². The van der Waals surface area contributed by atoms with Crippen molar-refractivity contribution >= 4 is 35.2 Å². The normalized spacial score (nSPS) is 11.7. The maximum Gasteiger partial charge on any atom is 0.331 e. The molecule has 0 radical (unpaired) electrons. The average Bonchev–Trinajstić information content (AvgIpc) is 2.98. The molecule has 0 saturated heterocycles. The lowest BCUT2D eigenvalue weighted by atomic mass is 9.86. The molecule has 0 unspecified atom stereocenters. The molecule has 4 aromatic rings. The van der Waals surface area contributed by atoms with Gasteiger partial charge < -0.3 is 4.98 Å². The first kappa shape index (κ1) is 16.2. The van der Waals surface area contributed by atoms with E-state index in [-0.39, 0.29) is 5.69 Å². The minimum absolute atomic E-state index is 0.205. The molecule has 0 aliphatic carbocycles. The van der Waals surface area contributed by atoms with Crippen LogP contribution in [0.2, 0.25) is 0 Å². The van der Waals surface area contributed by atoms with E-state index in [1.54, 1.807) is 10.8 Å². The summed E-state index contributed by atoms with van der Waals surface area (Å²) >= 11 is 0. The van der Waals surface area contributed by atoms with E-state index in [2.05, 4.69) is 16.0 Å².